The molecular formula is C23H32N4O2. The molecule has 0 radical (unpaired) electrons. The van der Waals surface area contributed by atoms with Crippen LogP contribution in [-0.2, 0) is 4.79 Å². The number of likely N-dealkylation sites (tertiary alicyclic amines) is 1. The van der Waals surface area contributed by atoms with Crippen molar-refractivity contribution >= 4 is 11.9 Å². The number of nitrogens with one attached hydrogen (secondary N) is 1. The molecule has 3 heterocycles. The summed E-state index contributed by atoms with van der Waals surface area (Å²) in [5.41, 5.74) is 6.11. The molecular weight excluding hydrogens is 364 g/mol. The Labute approximate surface area is 173 Å². The number of hydrogen-bond donors (Lipinski definition) is 1. The van der Waals surface area contributed by atoms with Gasteiger partial charge in [-0.15, -0.1) is 0 Å². The summed E-state index contributed by atoms with van der Waals surface area (Å²) in [6.45, 7) is 10.6. The van der Waals surface area contributed by atoms with E-state index < -0.39 is 0 Å². The molecule has 3 aliphatic heterocycles. The highest BCUT2D eigenvalue weighted by molar-refractivity contribution is 6.01. The predicted molar refractivity (Wildman–Crippen MR) is 114 cm³/mol. The van der Waals surface area contributed by atoms with E-state index in [0.29, 0.717) is 13.1 Å². The monoisotopic (exact) mass is 396 g/mol. The van der Waals surface area contributed by atoms with Crippen LogP contribution in [0.4, 0.5) is 4.79 Å². The first-order chi connectivity index (χ1) is 13.9. The van der Waals surface area contributed by atoms with Crippen LogP contribution in [-0.4, -0.2) is 66.4 Å². The minimum Gasteiger partial charge on any atom is -0.332 e. The zero-order valence-corrected chi connectivity index (χ0v) is 18.0. The van der Waals surface area contributed by atoms with Crippen molar-refractivity contribution in [3.05, 3.63) is 45.7 Å². The lowest BCUT2D eigenvalue weighted by atomic mass is 9.90. The number of carbonyl (C=O) groups excluding carboxylic acids is 2. The molecule has 0 aliphatic carbocycles. The second kappa shape index (κ2) is 7.82. The number of amides is 3. The standard InChI is InChI=1S/C23H32N4O2/c1-15-12-17(3)18(13-16(15)2)21-20-19(25(4)23(29)24-21)14-27(22(20)28)11-10-26-8-6-5-7-9-26/h12-13,21H,5-11,14H2,1-4H3,(H,24,29). The highest BCUT2D eigenvalue weighted by Gasteiger charge is 2.43. The van der Waals surface area contributed by atoms with Gasteiger partial charge in [-0.05, 0) is 69.0 Å². The highest BCUT2D eigenvalue weighted by Crippen LogP contribution is 2.37. The number of aryl methyl sites for hydroxylation is 3. The van der Waals surface area contributed by atoms with Gasteiger partial charge in [0.2, 0.25) is 0 Å². The molecule has 6 nitrogen and oxygen atoms in total. The Morgan fingerprint density at radius 3 is 2.38 bits per heavy atom. The Kier molecular flexibility index (Phi) is 5.38. The summed E-state index contributed by atoms with van der Waals surface area (Å²) < 4.78 is 0. The molecule has 0 spiro atoms. The van der Waals surface area contributed by atoms with Crippen LogP contribution in [0.2, 0.25) is 0 Å². The third-order valence-corrected chi connectivity index (χ3v) is 6.76. The molecule has 1 atom stereocenters. The van der Waals surface area contributed by atoms with E-state index in [1.165, 1.54) is 30.4 Å². The highest BCUT2D eigenvalue weighted by atomic mass is 16.2. The summed E-state index contributed by atoms with van der Waals surface area (Å²) in [7, 11) is 1.76. The molecule has 1 aromatic rings. The molecule has 4 rings (SSSR count). The second-order valence-electron chi connectivity index (χ2n) is 8.72. The van der Waals surface area contributed by atoms with Crippen molar-refractivity contribution in [2.75, 3.05) is 39.8 Å². The van der Waals surface area contributed by atoms with Crippen LogP contribution in [0.1, 0.15) is 47.6 Å². The van der Waals surface area contributed by atoms with E-state index in [1.807, 2.05) is 4.90 Å². The molecule has 29 heavy (non-hydrogen) atoms. The van der Waals surface area contributed by atoms with Crippen molar-refractivity contribution in [3.63, 3.8) is 0 Å². The lowest BCUT2D eigenvalue weighted by Crippen LogP contribution is -2.45. The Morgan fingerprint density at radius 2 is 1.66 bits per heavy atom. The van der Waals surface area contributed by atoms with Crippen molar-refractivity contribution in [2.24, 2.45) is 0 Å². The summed E-state index contributed by atoms with van der Waals surface area (Å²) in [6.07, 6.45) is 3.81. The molecule has 3 aliphatic rings. The van der Waals surface area contributed by atoms with Crippen LogP contribution < -0.4 is 5.32 Å². The summed E-state index contributed by atoms with van der Waals surface area (Å²) >= 11 is 0. The van der Waals surface area contributed by atoms with Gasteiger partial charge in [-0.3, -0.25) is 9.69 Å². The molecule has 1 saturated heterocycles. The predicted octanol–water partition coefficient (Wildman–Crippen LogP) is 2.89. The SMILES string of the molecule is Cc1cc(C)c(C2NC(=O)N(C)C3=C2C(=O)N(CCN2CCCCC2)C3)cc1C. The maximum atomic E-state index is 13.4. The van der Waals surface area contributed by atoms with Gasteiger partial charge in [-0.2, -0.15) is 0 Å². The molecule has 6 heteroatoms. The number of rotatable bonds is 4. The van der Waals surface area contributed by atoms with E-state index in [-0.39, 0.29) is 18.0 Å². The molecule has 0 saturated carbocycles. The third-order valence-electron chi connectivity index (χ3n) is 6.76. The molecule has 1 aromatic carbocycles. The van der Waals surface area contributed by atoms with Crippen LogP contribution >= 0.6 is 0 Å². The van der Waals surface area contributed by atoms with Gasteiger partial charge in [0.25, 0.3) is 5.91 Å². The first-order valence-corrected chi connectivity index (χ1v) is 10.7. The summed E-state index contributed by atoms with van der Waals surface area (Å²) in [5.74, 6) is 0.0616. The molecule has 0 bridgehead atoms. The van der Waals surface area contributed by atoms with E-state index in [2.05, 4.69) is 43.1 Å². The Bertz CT molecular complexity index is 870. The van der Waals surface area contributed by atoms with E-state index in [1.54, 1.807) is 11.9 Å². The van der Waals surface area contributed by atoms with Crippen LogP contribution in [0, 0.1) is 20.8 Å². The fourth-order valence-electron chi connectivity index (χ4n) is 4.78. The largest absolute Gasteiger partial charge is 0.332 e. The number of likely N-dealkylation sites (N-methyl/N-ethyl adjacent to an activating group) is 1. The van der Waals surface area contributed by atoms with Gasteiger partial charge < -0.3 is 15.1 Å². The number of nitrogens with zero attached hydrogens (tertiary/aromatic N) is 3. The number of piperidine rings is 1. The fraction of sp³-hybridized carbons (Fsp3) is 0.565. The number of carbonyl (C=O) groups is 2. The van der Waals surface area contributed by atoms with Gasteiger partial charge in [0.05, 0.1) is 23.9 Å². The number of hydrogen-bond acceptors (Lipinski definition) is 3. The normalized spacial score (nSPS) is 23.0. The molecule has 1 fully saturated rings. The van der Waals surface area contributed by atoms with Crippen LogP contribution in [0.5, 0.6) is 0 Å². The Morgan fingerprint density at radius 1 is 0.966 bits per heavy atom. The zero-order valence-electron chi connectivity index (χ0n) is 18.0. The van der Waals surface area contributed by atoms with Gasteiger partial charge in [0, 0.05) is 20.1 Å². The summed E-state index contributed by atoms with van der Waals surface area (Å²) in [5, 5.41) is 3.07. The van der Waals surface area contributed by atoms with Crippen LogP contribution in [0.3, 0.4) is 0 Å². The molecule has 0 aromatic heterocycles. The smallest absolute Gasteiger partial charge is 0.322 e. The minimum atomic E-state index is -0.375. The van der Waals surface area contributed by atoms with E-state index >= 15 is 0 Å². The van der Waals surface area contributed by atoms with Gasteiger partial charge in [-0.1, -0.05) is 18.6 Å². The molecule has 1 unspecified atom stereocenters. The van der Waals surface area contributed by atoms with Crippen molar-refractivity contribution in [3.8, 4) is 0 Å². The van der Waals surface area contributed by atoms with Crippen LogP contribution in [0.25, 0.3) is 0 Å². The van der Waals surface area contributed by atoms with Gasteiger partial charge in [0.15, 0.2) is 0 Å². The topological polar surface area (TPSA) is 55.9 Å². The first kappa shape index (κ1) is 20.0. The van der Waals surface area contributed by atoms with Crippen LogP contribution in [0.15, 0.2) is 23.4 Å². The third kappa shape index (κ3) is 3.66. The molecule has 1 N–H and O–H groups in total. The van der Waals surface area contributed by atoms with Gasteiger partial charge in [-0.25, -0.2) is 4.79 Å². The van der Waals surface area contributed by atoms with Crippen molar-refractivity contribution < 1.29 is 9.59 Å². The van der Waals surface area contributed by atoms with E-state index in [4.69, 9.17) is 0 Å². The van der Waals surface area contributed by atoms with Crippen molar-refractivity contribution in [2.45, 2.75) is 46.1 Å². The first-order valence-electron chi connectivity index (χ1n) is 10.7. The molecule has 3 amide bonds. The zero-order chi connectivity index (χ0) is 20.7. The quantitative estimate of drug-likeness (QED) is 0.851. The maximum absolute atomic E-state index is 13.4. The summed E-state index contributed by atoms with van der Waals surface area (Å²) in [4.78, 5) is 32.0. The van der Waals surface area contributed by atoms with Gasteiger partial charge in [0.1, 0.15) is 0 Å². The average molecular weight is 397 g/mol. The van der Waals surface area contributed by atoms with E-state index in [9.17, 15) is 9.59 Å². The molecule has 156 valence electrons. The van der Waals surface area contributed by atoms with Gasteiger partial charge >= 0.3 is 6.03 Å². The summed E-state index contributed by atoms with van der Waals surface area (Å²) in [6, 6.07) is 3.75. The fourth-order valence-corrected chi connectivity index (χ4v) is 4.78. The lowest BCUT2D eigenvalue weighted by molar-refractivity contribution is -0.126. The Hall–Kier alpha value is -2.34. The average Bonchev–Trinajstić information content (AvgIpc) is 3.04. The van der Waals surface area contributed by atoms with E-state index in [0.717, 1.165) is 42.0 Å². The Balaban J connectivity index is 1.59. The maximum Gasteiger partial charge on any atom is 0.322 e. The number of urea groups is 1. The lowest BCUT2D eigenvalue weighted by Gasteiger charge is -2.32. The number of benzene rings is 1. The van der Waals surface area contributed by atoms with Crippen molar-refractivity contribution in [1.82, 2.24) is 20.0 Å². The van der Waals surface area contributed by atoms with Crippen molar-refractivity contribution in [1.29, 1.82) is 0 Å². The second-order valence-corrected chi connectivity index (χ2v) is 8.72. The minimum absolute atomic E-state index is 0.0616.